The van der Waals surface area contributed by atoms with Gasteiger partial charge in [0.25, 0.3) is 0 Å². The molecular formula is C10H13N3O3S. The van der Waals surface area contributed by atoms with Crippen LogP contribution in [0, 0.1) is 10.1 Å². The number of nitro benzene ring substituents is 1. The summed E-state index contributed by atoms with van der Waals surface area (Å²) in [6.45, 7) is 2.44. The first-order chi connectivity index (χ1) is 8.06. The zero-order valence-corrected chi connectivity index (χ0v) is 10.1. The number of nitro groups is 1. The molecule has 0 unspecified atom stereocenters. The van der Waals surface area contributed by atoms with Gasteiger partial charge in [0.2, 0.25) is 5.91 Å². The van der Waals surface area contributed by atoms with E-state index in [-0.39, 0.29) is 11.4 Å². The van der Waals surface area contributed by atoms with Crippen molar-refractivity contribution in [1.29, 1.82) is 0 Å². The Morgan fingerprint density at radius 1 is 1.59 bits per heavy atom. The second kappa shape index (κ2) is 6.09. The molecule has 3 N–H and O–H groups in total. The Bertz CT molecular complexity index is 437. The van der Waals surface area contributed by atoms with E-state index in [0.29, 0.717) is 17.1 Å². The van der Waals surface area contributed by atoms with E-state index in [1.807, 2.05) is 6.92 Å². The maximum Gasteiger partial charge on any atom is 0.305 e. The van der Waals surface area contributed by atoms with Gasteiger partial charge in [-0.1, -0.05) is 6.07 Å². The molecule has 0 saturated heterocycles. The molecule has 17 heavy (non-hydrogen) atoms. The summed E-state index contributed by atoms with van der Waals surface area (Å²) in [7, 11) is 0. The van der Waals surface area contributed by atoms with Crippen molar-refractivity contribution in [3.63, 3.8) is 0 Å². The Labute approximate surface area is 103 Å². The van der Waals surface area contributed by atoms with Crippen LogP contribution in [0.15, 0.2) is 23.1 Å². The van der Waals surface area contributed by atoms with Crippen molar-refractivity contribution in [1.82, 2.24) is 0 Å². The second-order valence-corrected chi connectivity index (χ2v) is 4.21. The maximum absolute atomic E-state index is 11.0. The van der Waals surface area contributed by atoms with Crippen LogP contribution in [0.3, 0.4) is 0 Å². The van der Waals surface area contributed by atoms with Crippen LogP contribution < -0.4 is 11.1 Å². The summed E-state index contributed by atoms with van der Waals surface area (Å²) in [5.74, 6) is -0.477. The summed E-state index contributed by atoms with van der Waals surface area (Å²) in [5, 5.41) is 13.9. The average molecular weight is 255 g/mol. The van der Waals surface area contributed by atoms with Crippen molar-refractivity contribution in [2.24, 2.45) is 5.73 Å². The minimum absolute atomic E-state index is 0.0133. The van der Waals surface area contributed by atoms with E-state index in [4.69, 9.17) is 5.73 Å². The molecule has 0 fully saturated rings. The summed E-state index contributed by atoms with van der Waals surface area (Å²) in [4.78, 5) is 21.7. The number of hydrogen-bond acceptors (Lipinski definition) is 5. The summed E-state index contributed by atoms with van der Waals surface area (Å²) in [5.41, 5.74) is 5.46. The number of hydrogen-bond donors (Lipinski definition) is 2. The summed E-state index contributed by atoms with van der Waals surface area (Å²) >= 11 is 1.07. The molecule has 0 aliphatic carbocycles. The first-order valence-corrected chi connectivity index (χ1v) is 5.97. The maximum atomic E-state index is 11.0. The van der Waals surface area contributed by atoms with Crippen molar-refractivity contribution in [3.8, 4) is 0 Å². The van der Waals surface area contributed by atoms with Crippen molar-refractivity contribution in [2.45, 2.75) is 11.8 Å². The molecule has 1 aromatic rings. The van der Waals surface area contributed by atoms with Crippen LogP contribution >= 0.6 is 11.8 Å². The Morgan fingerprint density at radius 2 is 2.29 bits per heavy atom. The van der Waals surface area contributed by atoms with Crippen molar-refractivity contribution >= 4 is 29.0 Å². The molecule has 0 spiro atoms. The van der Waals surface area contributed by atoms with E-state index in [1.165, 1.54) is 0 Å². The van der Waals surface area contributed by atoms with Gasteiger partial charge in [-0.2, -0.15) is 0 Å². The Hall–Kier alpha value is -1.76. The number of nitrogens with two attached hydrogens (primary N) is 1. The molecule has 92 valence electrons. The lowest BCUT2D eigenvalue weighted by Gasteiger charge is -2.07. The fourth-order valence-corrected chi connectivity index (χ4v) is 2.10. The normalized spacial score (nSPS) is 9.94. The molecule has 0 aliphatic heterocycles. The Balaban J connectivity index is 3.06. The number of anilines is 1. The number of benzene rings is 1. The number of nitrogens with one attached hydrogen (secondary N) is 1. The van der Waals surface area contributed by atoms with Gasteiger partial charge < -0.3 is 11.1 Å². The third-order valence-corrected chi connectivity index (χ3v) is 2.99. The van der Waals surface area contributed by atoms with Gasteiger partial charge in [0.15, 0.2) is 0 Å². The van der Waals surface area contributed by atoms with E-state index in [2.05, 4.69) is 5.32 Å². The number of nitrogens with zero attached hydrogens (tertiary/aromatic N) is 1. The molecule has 1 aromatic carbocycles. The quantitative estimate of drug-likeness (QED) is 0.457. The van der Waals surface area contributed by atoms with Crippen LogP contribution in [-0.2, 0) is 4.79 Å². The highest BCUT2D eigenvalue weighted by atomic mass is 32.2. The van der Waals surface area contributed by atoms with E-state index in [0.717, 1.165) is 11.8 Å². The number of thioether (sulfide) groups is 1. The average Bonchev–Trinajstić information content (AvgIpc) is 2.26. The smallest absolute Gasteiger partial charge is 0.305 e. The molecule has 0 atom stereocenters. The first-order valence-electron chi connectivity index (χ1n) is 4.98. The predicted octanol–water partition coefficient (Wildman–Crippen LogP) is 1.60. The Morgan fingerprint density at radius 3 is 2.82 bits per heavy atom. The number of para-hydroxylation sites is 1. The van der Waals surface area contributed by atoms with Gasteiger partial charge in [-0.25, -0.2) is 0 Å². The molecule has 0 radical (unpaired) electrons. The zero-order valence-electron chi connectivity index (χ0n) is 9.30. The molecule has 0 aromatic heterocycles. The number of amides is 1. The van der Waals surface area contributed by atoms with E-state index >= 15 is 0 Å². The van der Waals surface area contributed by atoms with Crippen LogP contribution in [0.1, 0.15) is 6.92 Å². The fraction of sp³-hybridized carbons (Fsp3) is 0.300. The van der Waals surface area contributed by atoms with E-state index in [9.17, 15) is 14.9 Å². The lowest BCUT2D eigenvalue weighted by atomic mass is 10.2. The summed E-state index contributed by atoms with van der Waals surface area (Å²) in [6, 6.07) is 4.94. The van der Waals surface area contributed by atoms with Gasteiger partial charge in [-0.05, 0) is 19.1 Å². The monoisotopic (exact) mass is 255 g/mol. The van der Waals surface area contributed by atoms with Gasteiger partial charge in [-0.15, -0.1) is 11.8 Å². The van der Waals surface area contributed by atoms with Gasteiger partial charge in [0, 0.05) is 6.54 Å². The van der Waals surface area contributed by atoms with Crippen molar-refractivity contribution < 1.29 is 9.72 Å². The number of carbonyl (C=O) groups excluding carboxylic acids is 1. The fourth-order valence-electron chi connectivity index (χ4n) is 1.31. The Kier molecular flexibility index (Phi) is 4.77. The highest BCUT2D eigenvalue weighted by molar-refractivity contribution is 8.00. The highest BCUT2D eigenvalue weighted by Gasteiger charge is 2.19. The lowest BCUT2D eigenvalue weighted by Crippen LogP contribution is -2.13. The number of carbonyl (C=O) groups is 1. The van der Waals surface area contributed by atoms with Crippen LogP contribution in [0.4, 0.5) is 11.4 Å². The van der Waals surface area contributed by atoms with Crippen molar-refractivity contribution in [3.05, 3.63) is 28.3 Å². The molecule has 7 heteroatoms. The van der Waals surface area contributed by atoms with Crippen LogP contribution in [0.5, 0.6) is 0 Å². The predicted molar refractivity (Wildman–Crippen MR) is 67.2 cm³/mol. The van der Waals surface area contributed by atoms with Gasteiger partial charge in [0.1, 0.15) is 5.69 Å². The van der Waals surface area contributed by atoms with Gasteiger partial charge in [-0.3, -0.25) is 14.9 Å². The molecule has 0 saturated carbocycles. The molecule has 6 nitrogen and oxygen atoms in total. The van der Waals surface area contributed by atoms with Crippen LogP contribution in [-0.4, -0.2) is 23.1 Å². The third kappa shape index (κ3) is 3.63. The zero-order chi connectivity index (χ0) is 12.8. The number of rotatable bonds is 6. The molecule has 1 rings (SSSR count). The largest absolute Gasteiger partial charge is 0.380 e. The molecule has 1 amide bonds. The standard InChI is InChI=1S/C10H13N3O3S/c1-2-12-7-4-3-5-8(10(7)13(15)16)17-6-9(11)14/h3-5,12H,2,6H2,1H3,(H2,11,14). The minimum atomic E-state index is -0.502. The number of primary amides is 1. The molecular weight excluding hydrogens is 242 g/mol. The second-order valence-electron chi connectivity index (χ2n) is 3.19. The topological polar surface area (TPSA) is 98.3 Å². The molecule has 0 heterocycles. The minimum Gasteiger partial charge on any atom is -0.380 e. The molecule has 0 aliphatic rings. The lowest BCUT2D eigenvalue weighted by molar-refractivity contribution is -0.386. The van der Waals surface area contributed by atoms with Crippen LogP contribution in [0.25, 0.3) is 0 Å². The van der Waals surface area contributed by atoms with Crippen molar-refractivity contribution in [2.75, 3.05) is 17.6 Å². The van der Waals surface area contributed by atoms with E-state index in [1.54, 1.807) is 18.2 Å². The SMILES string of the molecule is CCNc1cccc(SCC(N)=O)c1[N+](=O)[O-]. The van der Waals surface area contributed by atoms with Gasteiger partial charge in [0.05, 0.1) is 15.6 Å². The van der Waals surface area contributed by atoms with Gasteiger partial charge >= 0.3 is 5.69 Å². The van der Waals surface area contributed by atoms with Crippen LogP contribution in [0.2, 0.25) is 0 Å². The van der Waals surface area contributed by atoms with E-state index < -0.39 is 10.8 Å². The highest BCUT2D eigenvalue weighted by Crippen LogP contribution is 2.35. The first kappa shape index (κ1) is 13.3. The third-order valence-electron chi connectivity index (χ3n) is 1.92. The molecule has 0 bridgehead atoms. The summed E-state index contributed by atoms with van der Waals surface area (Å²) in [6.07, 6.45) is 0. The summed E-state index contributed by atoms with van der Waals surface area (Å²) < 4.78 is 0.